The molecule has 3 rings (SSSR count). The molecule has 2 aromatic heterocycles. The minimum Gasteiger partial charge on any atom is -0.311 e. The molecular weight excluding hydrogens is 310 g/mol. The van der Waals surface area contributed by atoms with Gasteiger partial charge in [0.1, 0.15) is 24.3 Å². The van der Waals surface area contributed by atoms with Gasteiger partial charge in [-0.3, -0.25) is 9.36 Å². The monoisotopic (exact) mass is 325 g/mol. The van der Waals surface area contributed by atoms with Crippen molar-refractivity contribution in [3.05, 3.63) is 61.4 Å². The van der Waals surface area contributed by atoms with E-state index in [0.29, 0.717) is 18.1 Å². The molecule has 116 valence electrons. The van der Waals surface area contributed by atoms with E-state index in [1.54, 1.807) is 41.1 Å². The van der Waals surface area contributed by atoms with Crippen molar-refractivity contribution < 1.29 is 4.79 Å². The summed E-state index contributed by atoms with van der Waals surface area (Å²) in [6, 6.07) is 11.7. The Hall–Kier alpha value is -2.67. The molecule has 0 spiro atoms. The second-order valence-electron chi connectivity index (χ2n) is 4.69. The van der Waals surface area contributed by atoms with Gasteiger partial charge in [-0.1, -0.05) is 18.2 Å². The number of benzene rings is 1. The van der Waals surface area contributed by atoms with Crippen molar-refractivity contribution in [1.82, 2.24) is 19.5 Å². The normalized spacial score (nSPS) is 10.4. The lowest BCUT2D eigenvalue weighted by molar-refractivity contribution is -0.115. The number of rotatable bonds is 6. The maximum Gasteiger partial charge on any atom is 0.226 e. The van der Waals surface area contributed by atoms with Crippen molar-refractivity contribution in [2.45, 2.75) is 11.3 Å². The van der Waals surface area contributed by atoms with Crippen LogP contribution in [0.1, 0.15) is 6.42 Å². The number of anilines is 1. The zero-order valence-corrected chi connectivity index (χ0v) is 13.1. The molecule has 0 aliphatic carbocycles. The van der Waals surface area contributed by atoms with Crippen LogP contribution in [0.3, 0.4) is 0 Å². The van der Waals surface area contributed by atoms with Gasteiger partial charge in [0.05, 0.1) is 0 Å². The van der Waals surface area contributed by atoms with Crippen LogP contribution >= 0.6 is 11.8 Å². The number of amides is 1. The molecule has 1 aromatic carbocycles. The van der Waals surface area contributed by atoms with Crippen molar-refractivity contribution in [2.24, 2.45) is 0 Å². The summed E-state index contributed by atoms with van der Waals surface area (Å²) >= 11 is 1.65. The van der Waals surface area contributed by atoms with Gasteiger partial charge < -0.3 is 5.32 Å². The Morgan fingerprint density at radius 2 is 2.09 bits per heavy atom. The predicted octanol–water partition coefficient (Wildman–Crippen LogP) is 2.78. The zero-order valence-electron chi connectivity index (χ0n) is 12.3. The first-order chi connectivity index (χ1) is 11.3. The standard InChI is InChI=1S/C16H15N5OS/c22-16(6-9-23-13-4-2-1-3-5-13)20-14-10-15(19-11-18-14)21-8-7-17-12-21/h1-5,7-8,10-12H,6,9H2,(H,18,19,20,22). The number of nitrogens with one attached hydrogen (secondary N) is 1. The summed E-state index contributed by atoms with van der Waals surface area (Å²) in [7, 11) is 0. The van der Waals surface area contributed by atoms with Gasteiger partial charge >= 0.3 is 0 Å². The highest BCUT2D eigenvalue weighted by molar-refractivity contribution is 7.99. The number of thioether (sulfide) groups is 1. The maximum absolute atomic E-state index is 12.0. The van der Waals surface area contributed by atoms with Crippen LogP contribution in [0, 0.1) is 0 Å². The van der Waals surface area contributed by atoms with Crippen LogP contribution in [0.4, 0.5) is 5.82 Å². The molecule has 0 aliphatic rings. The van der Waals surface area contributed by atoms with E-state index in [0.717, 1.165) is 10.6 Å². The average molecular weight is 325 g/mol. The smallest absolute Gasteiger partial charge is 0.226 e. The molecular formula is C16H15N5OS. The van der Waals surface area contributed by atoms with E-state index < -0.39 is 0 Å². The number of hydrogen-bond acceptors (Lipinski definition) is 5. The van der Waals surface area contributed by atoms with Crippen LogP contribution in [0.25, 0.3) is 5.82 Å². The van der Waals surface area contributed by atoms with Crippen molar-refractivity contribution in [3.8, 4) is 5.82 Å². The van der Waals surface area contributed by atoms with Gasteiger partial charge in [0.15, 0.2) is 0 Å². The lowest BCUT2D eigenvalue weighted by Gasteiger charge is -2.06. The fourth-order valence-electron chi connectivity index (χ4n) is 1.93. The molecule has 23 heavy (non-hydrogen) atoms. The van der Waals surface area contributed by atoms with E-state index in [1.807, 2.05) is 30.3 Å². The highest BCUT2D eigenvalue weighted by Gasteiger charge is 2.06. The van der Waals surface area contributed by atoms with E-state index in [4.69, 9.17) is 0 Å². The highest BCUT2D eigenvalue weighted by Crippen LogP contribution is 2.18. The molecule has 3 aromatic rings. The van der Waals surface area contributed by atoms with Crippen LogP contribution in [0.5, 0.6) is 0 Å². The number of aromatic nitrogens is 4. The fourth-order valence-corrected chi connectivity index (χ4v) is 2.81. The van der Waals surface area contributed by atoms with Crippen LogP contribution in [-0.2, 0) is 4.79 Å². The first-order valence-electron chi connectivity index (χ1n) is 7.09. The Bertz CT molecular complexity index is 761. The van der Waals surface area contributed by atoms with E-state index in [2.05, 4.69) is 20.3 Å². The van der Waals surface area contributed by atoms with Gasteiger partial charge in [-0.05, 0) is 12.1 Å². The van der Waals surface area contributed by atoms with Gasteiger partial charge in [-0.25, -0.2) is 15.0 Å². The van der Waals surface area contributed by atoms with Gasteiger partial charge in [-0.2, -0.15) is 0 Å². The minimum absolute atomic E-state index is 0.0660. The number of carbonyl (C=O) groups excluding carboxylic acids is 1. The third-order valence-electron chi connectivity index (χ3n) is 3.03. The summed E-state index contributed by atoms with van der Waals surface area (Å²) in [4.78, 5) is 25.3. The molecule has 0 aliphatic heterocycles. The van der Waals surface area contributed by atoms with E-state index in [9.17, 15) is 4.79 Å². The molecule has 0 radical (unpaired) electrons. The number of nitrogens with zero attached hydrogens (tertiary/aromatic N) is 4. The lowest BCUT2D eigenvalue weighted by atomic mass is 10.4. The molecule has 0 saturated heterocycles. The van der Waals surface area contributed by atoms with Crippen molar-refractivity contribution >= 4 is 23.5 Å². The molecule has 2 heterocycles. The number of carbonyl (C=O) groups is 1. The molecule has 1 amide bonds. The summed E-state index contributed by atoms with van der Waals surface area (Å²) in [6.45, 7) is 0. The number of hydrogen-bond donors (Lipinski definition) is 1. The Morgan fingerprint density at radius 1 is 1.22 bits per heavy atom. The lowest BCUT2D eigenvalue weighted by Crippen LogP contribution is -2.13. The quantitative estimate of drug-likeness (QED) is 0.706. The summed E-state index contributed by atoms with van der Waals surface area (Å²) in [5.41, 5.74) is 0. The Kier molecular flexibility index (Phi) is 5.00. The molecule has 0 atom stereocenters. The molecule has 7 heteroatoms. The highest BCUT2D eigenvalue weighted by atomic mass is 32.2. The largest absolute Gasteiger partial charge is 0.311 e. The topological polar surface area (TPSA) is 72.7 Å². The molecule has 0 bridgehead atoms. The first-order valence-corrected chi connectivity index (χ1v) is 8.08. The van der Waals surface area contributed by atoms with Gasteiger partial charge in [0, 0.05) is 35.5 Å². The third-order valence-corrected chi connectivity index (χ3v) is 4.04. The van der Waals surface area contributed by atoms with E-state index >= 15 is 0 Å². The van der Waals surface area contributed by atoms with Crippen molar-refractivity contribution in [2.75, 3.05) is 11.1 Å². The molecule has 0 saturated carbocycles. The average Bonchev–Trinajstić information content (AvgIpc) is 3.11. The predicted molar refractivity (Wildman–Crippen MR) is 89.6 cm³/mol. The zero-order chi connectivity index (χ0) is 15.9. The molecule has 0 fully saturated rings. The van der Waals surface area contributed by atoms with Crippen LogP contribution in [0.2, 0.25) is 0 Å². The van der Waals surface area contributed by atoms with E-state index in [-0.39, 0.29) is 5.91 Å². The van der Waals surface area contributed by atoms with Crippen molar-refractivity contribution in [3.63, 3.8) is 0 Å². The number of imidazole rings is 1. The summed E-state index contributed by atoms with van der Waals surface area (Å²) < 4.78 is 1.75. The summed E-state index contributed by atoms with van der Waals surface area (Å²) in [5, 5.41) is 2.79. The summed E-state index contributed by atoms with van der Waals surface area (Å²) in [5.74, 6) is 1.79. The second-order valence-corrected chi connectivity index (χ2v) is 5.86. The SMILES string of the molecule is O=C(CCSc1ccccc1)Nc1cc(-n2ccnc2)ncn1. The van der Waals surface area contributed by atoms with Crippen LogP contribution in [0.15, 0.2) is 66.3 Å². The van der Waals surface area contributed by atoms with Crippen LogP contribution < -0.4 is 5.32 Å². The maximum atomic E-state index is 12.0. The van der Waals surface area contributed by atoms with E-state index in [1.165, 1.54) is 6.33 Å². The fraction of sp³-hybridized carbons (Fsp3) is 0.125. The van der Waals surface area contributed by atoms with Gasteiger partial charge in [0.2, 0.25) is 5.91 Å². The molecule has 6 nitrogen and oxygen atoms in total. The Morgan fingerprint density at radius 3 is 2.87 bits per heavy atom. The first kappa shape index (κ1) is 15.2. The summed E-state index contributed by atoms with van der Waals surface area (Å²) in [6.07, 6.45) is 6.93. The minimum atomic E-state index is -0.0660. The van der Waals surface area contributed by atoms with Gasteiger partial charge in [0.25, 0.3) is 0 Å². The van der Waals surface area contributed by atoms with Gasteiger partial charge in [-0.15, -0.1) is 11.8 Å². The van der Waals surface area contributed by atoms with Crippen molar-refractivity contribution in [1.29, 1.82) is 0 Å². The Labute approximate surface area is 138 Å². The molecule has 1 N–H and O–H groups in total. The Balaban J connectivity index is 1.53. The molecule has 0 unspecified atom stereocenters. The third kappa shape index (κ3) is 4.40. The second kappa shape index (κ2) is 7.55. The van der Waals surface area contributed by atoms with Crippen LogP contribution in [-0.4, -0.2) is 31.2 Å².